The summed E-state index contributed by atoms with van der Waals surface area (Å²) in [7, 11) is 0. The Hall–Kier alpha value is -1.69. The number of aliphatic hydroxyl groups is 2. The van der Waals surface area contributed by atoms with Crippen molar-refractivity contribution in [3.05, 3.63) is 30.1 Å². The molecule has 0 atom stereocenters. The number of nitriles is 1. The second-order valence-electron chi connectivity index (χ2n) is 3.63. The van der Waals surface area contributed by atoms with E-state index < -0.39 is 5.17 Å². The summed E-state index contributed by atoms with van der Waals surface area (Å²) in [6, 6.07) is 5.86. The van der Waals surface area contributed by atoms with Crippen LogP contribution >= 0.6 is 36.8 Å². The van der Waals surface area contributed by atoms with Gasteiger partial charge in [-0.15, -0.1) is 12.4 Å². The van der Waals surface area contributed by atoms with Crippen LogP contribution < -0.4 is 5.73 Å². The van der Waals surface area contributed by atoms with Crippen LogP contribution in [0.2, 0.25) is 0 Å². The molecule has 116 valence electrons. The molecule has 4 N–H and O–H groups in total. The van der Waals surface area contributed by atoms with Crippen molar-refractivity contribution in [2.24, 2.45) is 5.73 Å². The van der Waals surface area contributed by atoms with E-state index in [0.29, 0.717) is 19.5 Å². The molecule has 1 aromatic rings. The zero-order chi connectivity index (χ0) is 15.4. The predicted molar refractivity (Wildman–Crippen MR) is 91.6 cm³/mol. The van der Waals surface area contributed by atoms with Crippen LogP contribution in [-0.4, -0.2) is 43.5 Å². The van der Waals surface area contributed by atoms with Crippen LogP contribution in [0.4, 0.5) is 0 Å². The maximum Gasteiger partial charge on any atom is 0.256 e. The third-order valence-electron chi connectivity index (χ3n) is 2.16. The van der Waals surface area contributed by atoms with Crippen LogP contribution in [0.3, 0.4) is 0 Å². The van der Waals surface area contributed by atoms with Crippen molar-refractivity contribution in [3.63, 3.8) is 0 Å². The van der Waals surface area contributed by atoms with Crippen molar-refractivity contribution in [2.75, 3.05) is 13.1 Å². The molecule has 0 aromatic carbocycles. The second kappa shape index (κ2) is 13.3. The van der Waals surface area contributed by atoms with Gasteiger partial charge in [0.05, 0.1) is 12.5 Å². The van der Waals surface area contributed by atoms with E-state index in [4.69, 9.17) is 22.6 Å². The van der Waals surface area contributed by atoms with Gasteiger partial charge >= 0.3 is 0 Å². The molecule has 0 saturated heterocycles. The summed E-state index contributed by atoms with van der Waals surface area (Å²) in [5.74, 6) is 0. The van der Waals surface area contributed by atoms with Crippen molar-refractivity contribution in [2.45, 2.75) is 12.8 Å². The maximum atomic E-state index is 9.25. The minimum atomic E-state index is -0.500. The number of aromatic nitrogens is 1. The van der Waals surface area contributed by atoms with E-state index in [1.807, 2.05) is 18.2 Å². The predicted octanol–water partition coefficient (Wildman–Crippen LogP) is 1.89. The third kappa shape index (κ3) is 13.1. The van der Waals surface area contributed by atoms with Gasteiger partial charge in [-0.3, -0.25) is 4.98 Å². The molecule has 0 aliphatic heterocycles. The number of halogens is 1. The Morgan fingerprint density at radius 2 is 2.00 bits per heavy atom. The summed E-state index contributed by atoms with van der Waals surface area (Å²) >= 11 is 8.57. The average molecular weight is 349 g/mol. The number of rotatable bonds is 5. The van der Waals surface area contributed by atoms with Crippen molar-refractivity contribution in [3.8, 4) is 6.07 Å². The van der Waals surface area contributed by atoms with Gasteiger partial charge in [0.25, 0.3) is 10.3 Å². The van der Waals surface area contributed by atoms with Crippen LogP contribution in [0, 0.1) is 11.3 Å². The molecule has 0 unspecified atom stereocenters. The summed E-state index contributed by atoms with van der Waals surface area (Å²) < 4.78 is 0. The molecule has 0 amide bonds. The molecule has 6 nitrogen and oxygen atoms in total. The standard InChI is InChI=1S/C11H13N3OS.CH3NOS.ClH/c12-5-2-7-14(11(15)16)8-4-10-3-1-6-13-9-10;2-1(3)4;/h1,3,6,9H,2,4,7-8H2,(H,15,16);(H3,2,3,4);1H. The summed E-state index contributed by atoms with van der Waals surface area (Å²) in [5, 5.41) is 24.6. The molecule has 21 heavy (non-hydrogen) atoms. The Bertz CT molecular complexity index is 464. The SMILES string of the molecule is Cl.N#CCCN(CCc1cccnc1)C(O)=S.NC(O)=S. The number of nitrogens with zero attached hydrogens (tertiary/aromatic N) is 3. The Balaban J connectivity index is 0. The highest BCUT2D eigenvalue weighted by Crippen LogP contribution is 2.01. The highest BCUT2D eigenvalue weighted by Gasteiger charge is 2.07. The van der Waals surface area contributed by atoms with E-state index in [1.54, 1.807) is 17.3 Å². The number of pyridine rings is 1. The summed E-state index contributed by atoms with van der Waals surface area (Å²) in [6.07, 6.45) is 4.60. The zero-order valence-electron chi connectivity index (χ0n) is 11.2. The lowest BCUT2D eigenvalue weighted by molar-refractivity contribution is 0.352. The molecule has 9 heteroatoms. The molecular weight excluding hydrogens is 332 g/mol. The second-order valence-corrected chi connectivity index (χ2v) is 4.41. The normalized spacial score (nSPS) is 8.33. The van der Waals surface area contributed by atoms with Crippen molar-refractivity contribution in [1.82, 2.24) is 9.88 Å². The fraction of sp³-hybridized carbons (Fsp3) is 0.333. The van der Waals surface area contributed by atoms with Crippen molar-refractivity contribution < 1.29 is 10.2 Å². The molecule has 1 rings (SSSR count). The fourth-order valence-corrected chi connectivity index (χ4v) is 1.48. The quantitative estimate of drug-likeness (QED) is 0.692. The molecule has 1 aromatic heterocycles. The first-order valence-electron chi connectivity index (χ1n) is 5.69. The monoisotopic (exact) mass is 348 g/mol. The van der Waals surface area contributed by atoms with Gasteiger partial charge in [-0.25, -0.2) is 0 Å². The number of thiocarbonyl (C=S) groups is 2. The largest absolute Gasteiger partial charge is 0.487 e. The van der Waals surface area contributed by atoms with Gasteiger partial charge in [-0.2, -0.15) is 5.26 Å². The lowest BCUT2D eigenvalue weighted by Gasteiger charge is -2.19. The molecule has 0 radical (unpaired) electrons. The minimum absolute atomic E-state index is 0. The maximum absolute atomic E-state index is 9.25. The van der Waals surface area contributed by atoms with Crippen LogP contribution in [0.5, 0.6) is 0 Å². The van der Waals surface area contributed by atoms with Gasteiger partial charge < -0.3 is 20.8 Å². The van der Waals surface area contributed by atoms with E-state index in [9.17, 15) is 5.11 Å². The highest BCUT2D eigenvalue weighted by atomic mass is 35.5. The first kappa shape index (κ1) is 21.6. The molecular formula is C12H17ClN4O2S2. The minimum Gasteiger partial charge on any atom is -0.487 e. The van der Waals surface area contributed by atoms with Gasteiger partial charge in [0.1, 0.15) is 0 Å². The van der Waals surface area contributed by atoms with Crippen molar-refractivity contribution in [1.29, 1.82) is 5.26 Å². The van der Waals surface area contributed by atoms with Gasteiger partial charge in [-0.05, 0) is 42.5 Å². The fourth-order valence-electron chi connectivity index (χ4n) is 1.30. The zero-order valence-corrected chi connectivity index (χ0v) is 13.6. The highest BCUT2D eigenvalue weighted by molar-refractivity contribution is 7.80. The van der Waals surface area contributed by atoms with Crippen LogP contribution in [0.15, 0.2) is 24.5 Å². The lowest BCUT2D eigenvalue weighted by atomic mass is 10.2. The Labute approximate surface area is 140 Å². The number of hydrogen-bond donors (Lipinski definition) is 3. The first-order chi connectivity index (χ1) is 9.47. The smallest absolute Gasteiger partial charge is 0.256 e. The molecule has 0 fully saturated rings. The van der Waals surface area contributed by atoms with Crippen LogP contribution in [-0.2, 0) is 6.42 Å². The molecule has 1 heterocycles. The molecule has 0 spiro atoms. The topological polar surface area (TPSA) is 106 Å². The first-order valence-corrected chi connectivity index (χ1v) is 6.51. The third-order valence-corrected chi connectivity index (χ3v) is 2.42. The molecule has 0 bridgehead atoms. The van der Waals surface area contributed by atoms with E-state index >= 15 is 0 Å². The Kier molecular flexibility index (Phi) is 13.7. The number of aliphatic hydroxyl groups excluding tert-OH is 2. The lowest BCUT2D eigenvalue weighted by Crippen LogP contribution is -2.32. The summed E-state index contributed by atoms with van der Waals surface area (Å²) in [5.41, 5.74) is 5.48. The number of nitrogens with two attached hydrogens (primary N) is 1. The van der Waals surface area contributed by atoms with E-state index in [1.165, 1.54) is 0 Å². The van der Waals surface area contributed by atoms with Gasteiger partial charge in [-0.1, -0.05) is 6.07 Å². The summed E-state index contributed by atoms with van der Waals surface area (Å²) in [4.78, 5) is 5.62. The van der Waals surface area contributed by atoms with E-state index in [2.05, 4.69) is 22.9 Å². The van der Waals surface area contributed by atoms with Crippen LogP contribution in [0.1, 0.15) is 12.0 Å². The number of hydrogen-bond acceptors (Lipinski definition) is 4. The Morgan fingerprint density at radius 1 is 1.38 bits per heavy atom. The van der Waals surface area contributed by atoms with Gasteiger partial charge in [0.2, 0.25) is 0 Å². The van der Waals surface area contributed by atoms with Gasteiger partial charge in [0, 0.05) is 25.5 Å². The van der Waals surface area contributed by atoms with Gasteiger partial charge in [0.15, 0.2) is 0 Å². The molecule has 0 aliphatic rings. The van der Waals surface area contributed by atoms with E-state index in [0.717, 1.165) is 12.0 Å². The molecule has 0 saturated carbocycles. The average Bonchev–Trinajstić information content (AvgIpc) is 2.39. The van der Waals surface area contributed by atoms with Crippen LogP contribution in [0.25, 0.3) is 0 Å². The Morgan fingerprint density at radius 3 is 2.43 bits per heavy atom. The van der Waals surface area contributed by atoms with E-state index in [-0.39, 0.29) is 17.6 Å². The van der Waals surface area contributed by atoms with Crippen molar-refractivity contribution >= 4 is 47.2 Å². The molecule has 0 aliphatic carbocycles. The summed E-state index contributed by atoms with van der Waals surface area (Å²) in [6.45, 7) is 1.06.